The van der Waals surface area contributed by atoms with Crippen LogP contribution in [0.1, 0.15) is 113 Å². The smallest absolute Gasteiger partial charge is 0.343 e. The van der Waals surface area contributed by atoms with Gasteiger partial charge in [0.05, 0.1) is 82.1 Å². The van der Waals surface area contributed by atoms with Gasteiger partial charge in [-0.15, -0.1) is 0 Å². The first-order valence-electron chi connectivity index (χ1n) is 28.8. The van der Waals surface area contributed by atoms with E-state index >= 15 is 0 Å². The SMILES string of the molecule is CC(COC(=O)CCC(=O)Oc1ccc(C(=O)Oc2ccc(NC(=O)C3CCC(C(=O)Nc4ccc(OC(=O)c5ccc(OC(=O)CCC(=O)OCC(C)OC6CCO6)cc5)c(C(=O)OCC5CO5)c4)CC3)cc2C(=O)OCC2CO2)cc1)OCC1CO1. The van der Waals surface area contributed by atoms with Gasteiger partial charge >= 0.3 is 47.8 Å². The van der Waals surface area contributed by atoms with E-state index in [1.165, 1.54) is 84.9 Å². The summed E-state index contributed by atoms with van der Waals surface area (Å²) in [6.45, 7) is 5.88. The molecule has 4 aliphatic heterocycles. The molecule has 0 radical (unpaired) electrons. The van der Waals surface area contributed by atoms with Crippen molar-refractivity contribution in [1.29, 1.82) is 0 Å². The molecule has 26 nitrogen and oxygen atoms in total. The van der Waals surface area contributed by atoms with E-state index in [0.29, 0.717) is 58.7 Å². The van der Waals surface area contributed by atoms with Crippen molar-refractivity contribution < 1.29 is 114 Å². The number of carbonyl (C=O) groups excluding carboxylic acids is 10. The largest absolute Gasteiger partial charge is 0.463 e. The molecule has 0 bridgehead atoms. The minimum atomic E-state index is -0.868. The van der Waals surface area contributed by atoms with Gasteiger partial charge < -0.3 is 76.9 Å². The van der Waals surface area contributed by atoms with Crippen molar-refractivity contribution in [2.24, 2.45) is 11.8 Å². The van der Waals surface area contributed by atoms with E-state index in [0.717, 1.165) is 6.42 Å². The summed E-state index contributed by atoms with van der Waals surface area (Å²) in [5, 5.41) is 5.64. The number of benzene rings is 4. The molecule has 468 valence electrons. The van der Waals surface area contributed by atoms with E-state index in [1.807, 2.05) is 0 Å². The van der Waals surface area contributed by atoms with Crippen LogP contribution in [0.15, 0.2) is 84.9 Å². The highest BCUT2D eigenvalue weighted by Crippen LogP contribution is 2.34. The maximum absolute atomic E-state index is 13.7. The van der Waals surface area contributed by atoms with Gasteiger partial charge in [0.2, 0.25) is 11.8 Å². The lowest BCUT2D eigenvalue weighted by Gasteiger charge is -2.29. The Labute approximate surface area is 504 Å². The second kappa shape index (κ2) is 30.8. The molecule has 6 unspecified atom stereocenters. The summed E-state index contributed by atoms with van der Waals surface area (Å²) in [6, 6.07) is 19.0. The molecular weight excluding hydrogens is 1160 g/mol. The van der Waals surface area contributed by atoms with E-state index in [1.54, 1.807) is 13.8 Å². The fraction of sp³-hybridized carbons (Fsp3) is 0.452. The van der Waals surface area contributed by atoms with E-state index in [4.69, 9.17) is 66.3 Å². The number of rotatable bonds is 31. The zero-order valence-corrected chi connectivity index (χ0v) is 48.2. The van der Waals surface area contributed by atoms with Crippen LogP contribution >= 0.6 is 0 Å². The van der Waals surface area contributed by atoms with Gasteiger partial charge in [0.15, 0.2) is 6.29 Å². The molecule has 0 spiro atoms. The van der Waals surface area contributed by atoms with E-state index < -0.39 is 59.6 Å². The average Bonchev–Trinajstić information content (AvgIpc) is 4.10. The van der Waals surface area contributed by atoms with Gasteiger partial charge in [-0.1, -0.05) is 0 Å². The molecule has 5 aliphatic rings. The van der Waals surface area contributed by atoms with Crippen molar-refractivity contribution >= 4 is 70.9 Å². The van der Waals surface area contributed by atoms with Crippen LogP contribution in [-0.2, 0) is 76.1 Å². The van der Waals surface area contributed by atoms with Crippen LogP contribution in [0.2, 0.25) is 0 Å². The number of carbonyl (C=O) groups is 10. The van der Waals surface area contributed by atoms with Crippen molar-refractivity contribution in [3.05, 3.63) is 107 Å². The number of epoxide rings is 3. The van der Waals surface area contributed by atoms with Gasteiger partial charge in [-0.2, -0.15) is 0 Å². The number of hydrogen-bond acceptors (Lipinski definition) is 24. The molecule has 4 aromatic rings. The van der Waals surface area contributed by atoms with Gasteiger partial charge in [0.25, 0.3) is 0 Å². The molecule has 1 saturated carbocycles. The maximum Gasteiger partial charge on any atom is 0.343 e. The van der Waals surface area contributed by atoms with Crippen molar-refractivity contribution in [3.8, 4) is 23.0 Å². The lowest BCUT2D eigenvalue weighted by molar-refractivity contribution is -0.238. The summed E-state index contributed by atoms with van der Waals surface area (Å²) in [4.78, 5) is 130. The fourth-order valence-corrected chi connectivity index (χ4v) is 8.72. The predicted octanol–water partition coefficient (Wildman–Crippen LogP) is 6.03. The van der Waals surface area contributed by atoms with Crippen LogP contribution in [0, 0.1) is 11.8 Å². The highest BCUT2D eigenvalue weighted by Gasteiger charge is 2.33. The second-order valence-corrected chi connectivity index (χ2v) is 21.3. The zero-order valence-electron chi connectivity index (χ0n) is 48.2. The van der Waals surface area contributed by atoms with Gasteiger partial charge in [0, 0.05) is 29.6 Å². The Kier molecular flexibility index (Phi) is 22.3. The van der Waals surface area contributed by atoms with Crippen molar-refractivity contribution in [2.45, 2.75) is 108 Å². The lowest BCUT2D eigenvalue weighted by atomic mass is 9.81. The van der Waals surface area contributed by atoms with Gasteiger partial charge in [-0.3, -0.25) is 28.8 Å². The summed E-state index contributed by atoms with van der Waals surface area (Å²) < 4.78 is 74.7. The van der Waals surface area contributed by atoms with Gasteiger partial charge in [-0.05, 0) is 124 Å². The van der Waals surface area contributed by atoms with Crippen LogP contribution in [-0.4, -0.2) is 156 Å². The quantitative estimate of drug-likeness (QED) is 0.0251. The highest BCUT2D eigenvalue weighted by molar-refractivity contribution is 6.01. The number of amides is 2. The van der Waals surface area contributed by atoms with E-state index in [9.17, 15) is 47.9 Å². The normalized spacial score (nSPS) is 20.2. The molecule has 2 N–H and O–H groups in total. The van der Waals surface area contributed by atoms with Crippen LogP contribution < -0.4 is 29.6 Å². The molecule has 4 saturated heterocycles. The molecule has 4 heterocycles. The van der Waals surface area contributed by atoms with Crippen molar-refractivity contribution in [3.63, 3.8) is 0 Å². The fourth-order valence-electron chi connectivity index (χ4n) is 8.72. The number of ether oxygens (including phenoxy) is 14. The van der Waals surface area contributed by atoms with Crippen LogP contribution in [0.3, 0.4) is 0 Å². The summed E-state index contributed by atoms with van der Waals surface area (Å²) in [7, 11) is 0. The summed E-state index contributed by atoms with van der Waals surface area (Å²) >= 11 is 0. The summed E-state index contributed by atoms with van der Waals surface area (Å²) in [5.74, 6) is -8.01. The third-order valence-electron chi connectivity index (χ3n) is 14.1. The first-order valence-corrected chi connectivity index (χ1v) is 28.8. The Morgan fingerprint density at radius 1 is 0.455 bits per heavy atom. The minimum Gasteiger partial charge on any atom is -0.463 e. The summed E-state index contributed by atoms with van der Waals surface area (Å²) in [5.41, 5.74) is 0.142. The van der Waals surface area contributed by atoms with Crippen LogP contribution in [0.5, 0.6) is 23.0 Å². The Morgan fingerprint density at radius 3 is 1.25 bits per heavy atom. The maximum atomic E-state index is 13.7. The monoisotopic (exact) mass is 1220 g/mol. The number of nitrogens with one attached hydrogen (secondary N) is 2. The zero-order chi connectivity index (χ0) is 62.1. The first kappa shape index (κ1) is 63.8. The standard InChI is InChI=1S/C62H66N2O24/c1-35(76-29-45-30-77-45)27-80-52(65)19-21-54(67)85-43-13-7-39(8-14-43)59(71)87-50-17-11-41(25-48(50)61(73)82-33-46-31-78-46)63-57(69)37-3-5-38(6-4-37)58(70)64-42-12-18-51(49(26-42)62(74)83-34-47-32-79-47)88-60(72)40-9-15-44(16-10-40)86-55(68)22-20-53(66)81-28-36(2)84-56-23-24-75-56/h7-18,25-26,35-38,45-47,56H,3-6,19-24,27-34H2,1-2H3,(H,63,69)(H,64,70). The van der Waals surface area contributed by atoms with Gasteiger partial charge in [0.1, 0.15) is 78.9 Å². The van der Waals surface area contributed by atoms with Crippen LogP contribution in [0.4, 0.5) is 11.4 Å². The number of esters is 8. The molecule has 9 rings (SSSR count). The molecule has 88 heavy (non-hydrogen) atoms. The topological polar surface area (TPSA) is 334 Å². The van der Waals surface area contributed by atoms with E-state index in [2.05, 4.69) is 10.6 Å². The van der Waals surface area contributed by atoms with Crippen molar-refractivity contribution in [2.75, 3.05) is 70.1 Å². The predicted molar refractivity (Wildman–Crippen MR) is 300 cm³/mol. The Hall–Kier alpha value is -8.66. The van der Waals surface area contributed by atoms with E-state index in [-0.39, 0.29) is 157 Å². The molecule has 26 heteroatoms. The molecule has 1 aliphatic carbocycles. The third-order valence-corrected chi connectivity index (χ3v) is 14.1. The number of anilines is 2. The molecule has 6 atom stereocenters. The Bertz CT molecular complexity index is 3180. The van der Waals surface area contributed by atoms with Gasteiger partial charge in [-0.25, -0.2) is 19.2 Å². The Morgan fingerprint density at radius 2 is 0.852 bits per heavy atom. The molecular formula is C62H66N2O24. The Balaban J connectivity index is 0.733. The minimum absolute atomic E-state index is 0.00100. The molecule has 4 aromatic carbocycles. The summed E-state index contributed by atoms with van der Waals surface area (Å²) in [6.07, 6.45) is -0.438. The number of hydrogen-bond donors (Lipinski definition) is 2. The molecule has 2 amide bonds. The lowest BCUT2D eigenvalue weighted by Crippen LogP contribution is -2.34. The second-order valence-electron chi connectivity index (χ2n) is 21.3. The van der Waals surface area contributed by atoms with Crippen LogP contribution in [0.25, 0.3) is 0 Å². The molecule has 0 aromatic heterocycles. The highest BCUT2D eigenvalue weighted by atomic mass is 16.7. The average molecular weight is 1220 g/mol. The molecule has 5 fully saturated rings. The first-order chi connectivity index (χ1) is 42.5. The van der Waals surface area contributed by atoms with Crippen molar-refractivity contribution in [1.82, 2.24) is 0 Å². The third kappa shape index (κ3) is 20.2.